The quantitative estimate of drug-likeness (QED) is 0.818. The first-order valence-electron chi connectivity index (χ1n) is 5.09. The third-order valence-electron chi connectivity index (χ3n) is 2.45. The highest BCUT2D eigenvalue weighted by atomic mass is 32.1. The molecule has 0 bridgehead atoms. The van der Waals surface area contributed by atoms with Crippen LogP contribution < -0.4 is 0 Å². The first-order chi connectivity index (χ1) is 8.49. The highest BCUT2D eigenvalue weighted by Crippen LogP contribution is 2.23. The fourth-order valence-electron chi connectivity index (χ4n) is 1.66. The molecule has 92 valence electrons. The predicted molar refractivity (Wildman–Crippen MR) is 66.5 cm³/mol. The van der Waals surface area contributed by atoms with Crippen LogP contribution in [0.4, 0.5) is 4.39 Å². The summed E-state index contributed by atoms with van der Waals surface area (Å²) in [6, 6.07) is 5.44. The summed E-state index contributed by atoms with van der Waals surface area (Å²) in [6.45, 7) is 1.61. The van der Waals surface area contributed by atoms with E-state index in [-0.39, 0.29) is 16.0 Å². The number of benzene rings is 1. The van der Waals surface area contributed by atoms with Gasteiger partial charge in [0.15, 0.2) is 4.77 Å². The number of aromatic nitrogens is 2. The number of carboxylic acids is 1. The molecule has 4 nitrogen and oxygen atoms in total. The van der Waals surface area contributed by atoms with Gasteiger partial charge in [-0.25, -0.2) is 14.2 Å². The molecule has 0 unspecified atom stereocenters. The van der Waals surface area contributed by atoms with Crippen molar-refractivity contribution < 1.29 is 14.3 Å². The minimum absolute atomic E-state index is 0.0372. The number of hydrogen-bond donors (Lipinski definition) is 2. The number of nitrogens with zero attached hydrogens (tertiary/aromatic N) is 1. The van der Waals surface area contributed by atoms with Crippen molar-refractivity contribution in [2.75, 3.05) is 0 Å². The second kappa shape index (κ2) is 4.66. The zero-order valence-electron chi connectivity index (χ0n) is 9.40. The number of aryl methyl sites for hydroxylation is 1. The van der Waals surface area contributed by atoms with E-state index in [0.717, 1.165) is 0 Å². The van der Waals surface area contributed by atoms with E-state index in [2.05, 4.69) is 9.97 Å². The summed E-state index contributed by atoms with van der Waals surface area (Å²) in [4.78, 5) is 17.9. The van der Waals surface area contributed by atoms with Gasteiger partial charge < -0.3 is 10.1 Å². The van der Waals surface area contributed by atoms with Crippen molar-refractivity contribution in [2.24, 2.45) is 0 Å². The second-order valence-corrected chi connectivity index (χ2v) is 4.09. The van der Waals surface area contributed by atoms with Crippen molar-refractivity contribution in [1.29, 1.82) is 0 Å². The van der Waals surface area contributed by atoms with Crippen LogP contribution in [0.1, 0.15) is 16.1 Å². The number of carboxylic acid groups (broad SMARTS) is 1. The van der Waals surface area contributed by atoms with Crippen molar-refractivity contribution in [1.82, 2.24) is 9.97 Å². The van der Waals surface area contributed by atoms with Gasteiger partial charge in [0.1, 0.15) is 11.4 Å². The lowest BCUT2D eigenvalue weighted by atomic mass is 10.0. The number of nitrogens with one attached hydrogen (secondary N) is 1. The van der Waals surface area contributed by atoms with Crippen molar-refractivity contribution in [3.63, 3.8) is 0 Å². The minimum Gasteiger partial charge on any atom is -0.478 e. The summed E-state index contributed by atoms with van der Waals surface area (Å²) in [5.41, 5.74) is 1.21. The average Bonchev–Trinajstić information content (AvgIpc) is 2.28. The van der Waals surface area contributed by atoms with E-state index in [1.165, 1.54) is 24.3 Å². The zero-order valence-corrected chi connectivity index (χ0v) is 10.2. The summed E-state index contributed by atoms with van der Waals surface area (Å²) in [5.74, 6) is -1.50. The molecule has 2 aromatic rings. The molecular formula is C12H9FN2O2S. The third-order valence-corrected chi connectivity index (χ3v) is 2.64. The maximum atomic E-state index is 12.9. The van der Waals surface area contributed by atoms with Gasteiger partial charge in [0.2, 0.25) is 0 Å². The van der Waals surface area contributed by atoms with Crippen LogP contribution in [0.15, 0.2) is 24.3 Å². The van der Waals surface area contributed by atoms with Gasteiger partial charge in [0.25, 0.3) is 0 Å². The van der Waals surface area contributed by atoms with Crippen molar-refractivity contribution in [3.05, 3.63) is 46.1 Å². The number of aromatic amines is 1. The Hall–Kier alpha value is -2.08. The molecule has 0 radical (unpaired) electrons. The van der Waals surface area contributed by atoms with Gasteiger partial charge >= 0.3 is 5.97 Å². The molecule has 0 fully saturated rings. The van der Waals surface area contributed by atoms with E-state index < -0.39 is 11.8 Å². The Kier molecular flexibility index (Phi) is 3.20. The highest BCUT2D eigenvalue weighted by molar-refractivity contribution is 7.71. The van der Waals surface area contributed by atoms with Crippen LogP contribution in [0.3, 0.4) is 0 Å². The number of hydrogen-bond acceptors (Lipinski definition) is 3. The van der Waals surface area contributed by atoms with Gasteiger partial charge in [-0.15, -0.1) is 0 Å². The maximum absolute atomic E-state index is 12.9. The number of halogens is 1. The normalized spacial score (nSPS) is 10.3. The molecule has 1 heterocycles. The van der Waals surface area contributed by atoms with E-state index in [1.807, 2.05) is 0 Å². The first kappa shape index (κ1) is 12.4. The SMILES string of the molecule is Cc1[nH]c(=S)nc(-c2ccc(F)cc2)c1C(=O)O. The largest absolute Gasteiger partial charge is 0.478 e. The average molecular weight is 264 g/mol. The van der Waals surface area contributed by atoms with Crippen LogP contribution in [-0.2, 0) is 0 Å². The Balaban J connectivity index is 2.73. The van der Waals surface area contributed by atoms with E-state index in [9.17, 15) is 14.3 Å². The summed E-state index contributed by atoms with van der Waals surface area (Å²) < 4.78 is 13.0. The Morgan fingerprint density at radius 3 is 2.56 bits per heavy atom. The minimum atomic E-state index is -1.11. The van der Waals surface area contributed by atoms with Crippen LogP contribution >= 0.6 is 12.2 Å². The summed E-state index contributed by atoms with van der Waals surface area (Å²) >= 11 is 4.93. The standard InChI is InChI=1S/C12H9FN2O2S/c1-6-9(11(16)17)10(15-12(18)14-6)7-2-4-8(13)5-3-7/h2-5H,1H3,(H,16,17)(H,14,15,18). The fraction of sp³-hybridized carbons (Fsp3) is 0.0833. The number of H-pyrrole nitrogens is 1. The predicted octanol–water partition coefficient (Wildman–Crippen LogP) is 2.95. The Morgan fingerprint density at radius 1 is 1.39 bits per heavy atom. The lowest BCUT2D eigenvalue weighted by Crippen LogP contribution is -2.07. The molecular weight excluding hydrogens is 255 g/mol. The Morgan fingerprint density at radius 2 is 2.00 bits per heavy atom. The smallest absolute Gasteiger partial charge is 0.339 e. The van der Waals surface area contributed by atoms with Gasteiger partial charge in [0, 0.05) is 11.3 Å². The molecule has 1 aromatic carbocycles. The van der Waals surface area contributed by atoms with Gasteiger partial charge in [-0.05, 0) is 43.4 Å². The number of aromatic carboxylic acids is 1. The molecule has 0 amide bonds. The Labute approximate surface area is 107 Å². The molecule has 0 saturated heterocycles. The molecule has 0 atom stereocenters. The first-order valence-corrected chi connectivity index (χ1v) is 5.50. The van der Waals surface area contributed by atoms with Crippen molar-refractivity contribution in [2.45, 2.75) is 6.92 Å². The van der Waals surface area contributed by atoms with E-state index in [0.29, 0.717) is 11.3 Å². The maximum Gasteiger partial charge on any atom is 0.339 e. The van der Waals surface area contributed by atoms with Crippen LogP contribution in [0.5, 0.6) is 0 Å². The molecule has 0 aliphatic heterocycles. The highest BCUT2D eigenvalue weighted by Gasteiger charge is 2.17. The molecule has 18 heavy (non-hydrogen) atoms. The topological polar surface area (TPSA) is 66.0 Å². The van der Waals surface area contributed by atoms with E-state index in [1.54, 1.807) is 6.92 Å². The summed E-state index contributed by atoms with van der Waals surface area (Å²) in [5, 5.41) is 9.19. The molecule has 2 rings (SSSR count). The lowest BCUT2D eigenvalue weighted by molar-refractivity contribution is 0.0696. The molecule has 1 aromatic heterocycles. The van der Waals surface area contributed by atoms with Gasteiger partial charge in [0.05, 0.1) is 5.69 Å². The molecule has 6 heteroatoms. The monoisotopic (exact) mass is 264 g/mol. The third kappa shape index (κ3) is 2.28. The molecule has 2 N–H and O–H groups in total. The van der Waals surface area contributed by atoms with Crippen LogP contribution in [-0.4, -0.2) is 21.0 Å². The van der Waals surface area contributed by atoms with E-state index >= 15 is 0 Å². The van der Waals surface area contributed by atoms with Crippen LogP contribution in [0, 0.1) is 17.5 Å². The molecule has 0 aliphatic carbocycles. The molecule has 0 aliphatic rings. The summed E-state index contributed by atoms with van der Waals surface area (Å²) in [6.07, 6.45) is 0. The van der Waals surface area contributed by atoms with E-state index in [4.69, 9.17) is 12.2 Å². The molecule has 0 spiro atoms. The second-order valence-electron chi connectivity index (χ2n) is 3.70. The number of rotatable bonds is 2. The number of carbonyl (C=O) groups is 1. The van der Waals surface area contributed by atoms with Crippen molar-refractivity contribution >= 4 is 18.2 Å². The zero-order chi connectivity index (χ0) is 13.3. The fourth-order valence-corrected chi connectivity index (χ4v) is 1.91. The Bertz CT molecular complexity index is 665. The molecule has 0 saturated carbocycles. The van der Waals surface area contributed by atoms with Crippen LogP contribution in [0.2, 0.25) is 0 Å². The summed E-state index contributed by atoms with van der Waals surface area (Å²) in [7, 11) is 0. The van der Waals surface area contributed by atoms with Crippen molar-refractivity contribution in [3.8, 4) is 11.3 Å². The van der Waals surface area contributed by atoms with Gasteiger partial charge in [-0.1, -0.05) is 0 Å². The van der Waals surface area contributed by atoms with Gasteiger partial charge in [-0.3, -0.25) is 0 Å². The van der Waals surface area contributed by atoms with Crippen LogP contribution in [0.25, 0.3) is 11.3 Å². The lowest BCUT2D eigenvalue weighted by Gasteiger charge is -2.08. The van der Waals surface area contributed by atoms with Gasteiger partial charge in [-0.2, -0.15) is 0 Å².